The Balaban J connectivity index is 0.000000179. The summed E-state index contributed by atoms with van der Waals surface area (Å²) in [6, 6.07) is 21.7. The van der Waals surface area contributed by atoms with E-state index in [0.717, 1.165) is 54.7 Å². The summed E-state index contributed by atoms with van der Waals surface area (Å²) in [6.07, 6.45) is 13.1. The van der Waals surface area contributed by atoms with Crippen LogP contribution in [0.3, 0.4) is 0 Å². The number of aliphatic imine (C=N–C) groups is 1. The number of ether oxygens (including phenoxy) is 1. The SMILES string of the molecule is C.O=C(NCCO)c1c[nH]c2ncnc(N3CCC[C@H]3c3nn4ccc(Cl)c4c(=O)n3-c3ccccc3)c12.O=c1c2c(Cl)ccn2nc([C@@H]2CCCN2c2ncnc3[nH]cc(C4=NCCO4)c23)n1-c1ccccc1.S.S. The van der Waals surface area contributed by atoms with Gasteiger partial charge in [-0.1, -0.05) is 67.0 Å². The third-order valence-corrected chi connectivity index (χ3v) is 14.0. The summed E-state index contributed by atoms with van der Waals surface area (Å²) in [4.78, 5) is 73.4. The lowest BCUT2D eigenvalue weighted by molar-refractivity contribution is 0.0946. The Bertz CT molecular complexity index is 3900. The number of aromatic amines is 2. The number of nitrogens with zero attached hydrogens (tertiary/aromatic N) is 13. The van der Waals surface area contributed by atoms with Gasteiger partial charge in [-0.2, -0.15) is 37.2 Å². The second-order valence-corrected chi connectivity index (χ2v) is 18.4. The van der Waals surface area contributed by atoms with E-state index < -0.39 is 0 Å². The van der Waals surface area contributed by atoms with E-state index in [1.165, 1.54) is 10.8 Å². The van der Waals surface area contributed by atoms with Gasteiger partial charge in [0.15, 0.2) is 11.6 Å². The molecule has 0 spiro atoms. The van der Waals surface area contributed by atoms with E-state index in [4.69, 9.17) is 48.2 Å². The van der Waals surface area contributed by atoms with Gasteiger partial charge < -0.3 is 34.9 Å². The summed E-state index contributed by atoms with van der Waals surface area (Å²) in [5, 5.41) is 23.7. The highest BCUT2D eigenvalue weighted by molar-refractivity contribution is 7.59. The second kappa shape index (κ2) is 22.3. The minimum absolute atomic E-state index is 0. The number of aliphatic hydroxyl groups excluding tert-OH is 1. The zero-order valence-electron chi connectivity index (χ0n) is 39.8. The average Bonchev–Trinajstić information content (AvgIpc) is 4.31. The number of aliphatic hydroxyl groups is 1. The molecule has 2 fully saturated rings. The molecule has 3 aliphatic rings. The molecule has 13 rings (SSSR count). The fourth-order valence-electron chi connectivity index (χ4n) is 10.2. The van der Waals surface area contributed by atoms with Crippen molar-refractivity contribution in [2.24, 2.45) is 4.99 Å². The fraction of sp³-hybridized carbons (Fsp3) is 0.255. The zero-order valence-corrected chi connectivity index (χ0v) is 43.3. The Morgan fingerprint density at radius 1 is 0.711 bits per heavy atom. The zero-order chi connectivity index (χ0) is 49.7. The first-order chi connectivity index (χ1) is 35.8. The van der Waals surface area contributed by atoms with Crippen molar-refractivity contribution in [3.8, 4) is 11.4 Å². The number of hydrogen-bond donors (Lipinski definition) is 4. The number of fused-ring (bicyclic) bond motifs is 4. The molecule has 1 amide bonds. The van der Waals surface area contributed by atoms with Crippen molar-refractivity contribution in [3.63, 3.8) is 0 Å². The third kappa shape index (κ3) is 9.20. The molecule has 0 aliphatic carbocycles. The number of aromatic nitrogens is 12. The van der Waals surface area contributed by atoms with E-state index in [1.807, 2.05) is 66.9 Å². The predicted molar refractivity (Wildman–Crippen MR) is 302 cm³/mol. The molecular formula is C51H52Cl2N16O5S2. The predicted octanol–water partition coefficient (Wildman–Crippen LogP) is 6.86. The lowest BCUT2D eigenvalue weighted by Gasteiger charge is -2.28. The van der Waals surface area contributed by atoms with Gasteiger partial charge in [0.05, 0.1) is 68.6 Å². The average molecular weight is 1100 g/mol. The van der Waals surface area contributed by atoms with Gasteiger partial charge in [0.1, 0.15) is 53.2 Å². The van der Waals surface area contributed by atoms with E-state index >= 15 is 0 Å². The molecular weight excluding hydrogens is 1050 g/mol. The summed E-state index contributed by atoms with van der Waals surface area (Å²) in [5.74, 6) is 2.76. The largest absolute Gasteiger partial charge is 0.475 e. The van der Waals surface area contributed by atoms with Crippen LogP contribution in [0.1, 0.15) is 72.8 Å². The summed E-state index contributed by atoms with van der Waals surface area (Å²) in [7, 11) is 0. The van der Waals surface area contributed by atoms with Crippen molar-refractivity contribution in [3.05, 3.63) is 164 Å². The Morgan fingerprint density at radius 2 is 1.22 bits per heavy atom. The number of hydrogen-bond acceptors (Lipinski definition) is 14. The van der Waals surface area contributed by atoms with Crippen molar-refractivity contribution >= 4 is 107 Å². The van der Waals surface area contributed by atoms with Gasteiger partial charge in [-0.3, -0.25) is 23.5 Å². The first-order valence-corrected chi connectivity index (χ1v) is 24.5. The highest BCUT2D eigenvalue weighted by atomic mass is 35.5. The lowest BCUT2D eigenvalue weighted by Crippen LogP contribution is -2.33. The fourth-order valence-corrected chi connectivity index (χ4v) is 10.6. The third-order valence-electron chi connectivity index (χ3n) is 13.4. The van der Waals surface area contributed by atoms with Gasteiger partial charge in [-0.25, -0.2) is 34.0 Å². The van der Waals surface area contributed by atoms with Crippen LogP contribution < -0.4 is 26.2 Å². The van der Waals surface area contributed by atoms with Crippen LogP contribution in [0.5, 0.6) is 0 Å². The molecule has 2 atom stereocenters. The molecule has 76 heavy (non-hydrogen) atoms. The Kier molecular flexibility index (Phi) is 15.6. The Labute approximate surface area is 457 Å². The Hall–Kier alpha value is -7.70. The quantitative estimate of drug-likeness (QED) is 0.110. The first-order valence-electron chi connectivity index (χ1n) is 23.7. The number of para-hydroxylation sites is 2. The smallest absolute Gasteiger partial charge is 0.284 e. The number of H-pyrrole nitrogens is 2. The molecule has 0 saturated carbocycles. The van der Waals surface area contributed by atoms with Crippen LogP contribution >= 0.6 is 50.2 Å². The maximum atomic E-state index is 13.8. The molecule has 0 unspecified atom stereocenters. The van der Waals surface area contributed by atoms with Crippen molar-refractivity contribution in [1.29, 1.82) is 0 Å². The minimum Gasteiger partial charge on any atom is -0.475 e. The van der Waals surface area contributed by atoms with Gasteiger partial charge in [0.2, 0.25) is 5.90 Å². The van der Waals surface area contributed by atoms with Gasteiger partial charge >= 0.3 is 0 Å². The number of nitrogens with one attached hydrogen (secondary N) is 3. The van der Waals surface area contributed by atoms with E-state index in [9.17, 15) is 14.4 Å². The monoisotopic (exact) mass is 1100 g/mol. The maximum Gasteiger partial charge on any atom is 0.284 e. The van der Waals surface area contributed by atoms with Crippen LogP contribution in [-0.2, 0) is 4.74 Å². The highest BCUT2D eigenvalue weighted by Gasteiger charge is 2.37. The molecule has 3 aliphatic heterocycles. The molecule has 4 N–H and O–H groups in total. The van der Waals surface area contributed by atoms with Crippen LogP contribution in [0.4, 0.5) is 11.6 Å². The molecule has 392 valence electrons. The minimum atomic E-state index is -0.338. The van der Waals surface area contributed by atoms with E-state index in [2.05, 4.69) is 45.0 Å². The molecule has 21 nitrogen and oxygen atoms in total. The first kappa shape index (κ1) is 53.1. The summed E-state index contributed by atoms with van der Waals surface area (Å²) in [6.45, 7) is 2.56. The molecule has 0 radical (unpaired) electrons. The van der Waals surface area contributed by atoms with Crippen LogP contribution in [0.25, 0.3) is 44.5 Å². The van der Waals surface area contributed by atoms with E-state index in [0.29, 0.717) is 92.1 Å². The van der Waals surface area contributed by atoms with Crippen LogP contribution in [-0.4, -0.2) is 115 Å². The maximum absolute atomic E-state index is 13.8. The standard InChI is InChI=1S/C25H23ClN8O3.C25H21ClN8O2.CH4.2H2S/c26-17-8-11-33-20(17)25(37)34(15-5-2-1-3-6-15)22(31-33)18-7-4-10-32(18)23-19-16(24(36)27-9-12-35)13-28-21(19)29-14-30-23;26-17-8-11-33-20(17)25(35)34(15-5-2-1-3-6-15)22(31-33)18-7-4-10-32(18)23-19-16(24-27-9-12-36-24)13-28-21(19)29-14-30-23;;;/h1-3,5-6,8,11,13-14,18,35H,4,7,9-10,12H2,(H,27,36)(H,28,29,30);1-3,5-6,8,11,13-14,18H,4,7,9-10,12H2,(H,28,29,30);1H4;2*1H2/t2*18-;;;/m00.../s1. The number of carbonyl (C=O) groups is 1. The van der Waals surface area contributed by atoms with E-state index in [-0.39, 0.29) is 76.7 Å². The van der Waals surface area contributed by atoms with Crippen LogP contribution in [0, 0.1) is 0 Å². The molecule has 11 heterocycles. The van der Waals surface area contributed by atoms with Crippen molar-refractivity contribution < 1.29 is 14.6 Å². The number of anilines is 2. The van der Waals surface area contributed by atoms with Gasteiger partial charge in [0.25, 0.3) is 17.0 Å². The number of carbonyl (C=O) groups excluding carboxylic acids is 1. The normalized spacial score (nSPS) is 16.0. The van der Waals surface area contributed by atoms with Crippen LogP contribution in [0.2, 0.25) is 10.0 Å². The summed E-state index contributed by atoms with van der Waals surface area (Å²) < 4.78 is 12.1. The van der Waals surface area contributed by atoms with Gasteiger partial charge in [0, 0.05) is 44.4 Å². The van der Waals surface area contributed by atoms with Gasteiger partial charge in [-0.15, -0.1) is 0 Å². The van der Waals surface area contributed by atoms with Crippen molar-refractivity contribution in [2.45, 2.75) is 45.2 Å². The number of amides is 1. The molecule has 2 aromatic carbocycles. The number of benzene rings is 2. The summed E-state index contributed by atoms with van der Waals surface area (Å²) >= 11 is 12.7. The number of halogens is 2. The van der Waals surface area contributed by atoms with Crippen LogP contribution in [0.15, 0.2) is 125 Å². The molecule has 0 bridgehead atoms. The highest BCUT2D eigenvalue weighted by Crippen LogP contribution is 2.41. The van der Waals surface area contributed by atoms with E-state index in [1.54, 1.807) is 50.7 Å². The van der Waals surface area contributed by atoms with Gasteiger partial charge in [-0.05, 0) is 62.1 Å². The lowest BCUT2D eigenvalue weighted by atomic mass is 10.1. The van der Waals surface area contributed by atoms with Crippen molar-refractivity contribution in [2.75, 3.05) is 49.2 Å². The number of rotatable bonds is 10. The summed E-state index contributed by atoms with van der Waals surface area (Å²) in [5.41, 5.74) is 4.04. The Morgan fingerprint density at radius 3 is 1.74 bits per heavy atom. The molecule has 8 aromatic heterocycles. The molecule has 2 saturated heterocycles. The van der Waals surface area contributed by atoms with Crippen molar-refractivity contribution in [1.82, 2.24) is 63.6 Å². The second-order valence-electron chi connectivity index (χ2n) is 17.5. The molecule has 25 heteroatoms. The molecule has 10 aromatic rings. The topological polar surface area (TPSA) is 239 Å².